The van der Waals surface area contributed by atoms with Crippen molar-refractivity contribution in [3.8, 4) is 0 Å². The number of nitrogens with one attached hydrogen (secondary N) is 1. The van der Waals surface area contributed by atoms with Crippen molar-refractivity contribution in [3.05, 3.63) is 45.7 Å². The van der Waals surface area contributed by atoms with Crippen molar-refractivity contribution in [2.45, 2.75) is 39.7 Å². The highest BCUT2D eigenvalue weighted by atomic mass is 32.1. The van der Waals surface area contributed by atoms with Crippen molar-refractivity contribution in [2.24, 2.45) is 0 Å². The molecule has 0 radical (unpaired) electrons. The van der Waals surface area contributed by atoms with E-state index in [1.807, 2.05) is 13.0 Å². The Morgan fingerprint density at radius 3 is 2.75 bits per heavy atom. The van der Waals surface area contributed by atoms with Gasteiger partial charge in [-0.1, -0.05) is 24.4 Å². The molecule has 2 rings (SSSR count). The Bertz CT molecular complexity index is 548. The number of aryl methyl sites for hydroxylation is 2. The summed E-state index contributed by atoms with van der Waals surface area (Å²) in [6, 6.07) is 5.14. The van der Waals surface area contributed by atoms with Crippen LogP contribution in [-0.2, 0) is 6.42 Å². The Hall–Kier alpha value is -1.33. The zero-order chi connectivity index (χ0) is 14.5. The number of halogens is 1. The van der Waals surface area contributed by atoms with Gasteiger partial charge in [0.2, 0.25) is 0 Å². The van der Waals surface area contributed by atoms with Crippen molar-refractivity contribution < 1.29 is 4.39 Å². The van der Waals surface area contributed by atoms with Gasteiger partial charge in [0, 0.05) is 0 Å². The topological polar surface area (TPSA) is 37.8 Å². The number of hydrogen-bond acceptors (Lipinski definition) is 4. The molecule has 1 aromatic carbocycles. The highest BCUT2D eigenvalue weighted by molar-refractivity contribution is 7.05. The second-order valence-corrected chi connectivity index (χ2v) is 5.67. The average Bonchev–Trinajstić information content (AvgIpc) is 2.86. The molecule has 1 unspecified atom stereocenters. The summed E-state index contributed by atoms with van der Waals surface area (Å²) in [6.45, 7) is 6.97. The Balaban J connectivity index is 2.41. The zero-order valence-corrected chi connectivity index (χ0v) is 12.9. The van der Waals surface area contributed by atoms with Crippen LogP contribution in [0.2, 0.25) is 0 Å². The summed E-state index contributed by atoms with van der Waals surface area (Å²) in [5.41, 5.74) is 2.86. The first-order valence-electron chi connectivity index (χ1n) is 6.97. The number of rotatable bonds is 6. The highest BCUT2D eigenvalue weighted by Crippen LogP contribution is 2.28. The van der Waals surface area contributed by atoms with Gasteiger partial charge in [-0.15, -0.1) is 5.10 Å². The van der Waals surface area contributed by atoms with Crippen molar-refractivity contribution in [2.75, 3.05) is 6.54 Å². The van der Waals surface area contributed by atoms with Gasteiger partial charge in [-0.2, -0.15) is 0 Å². The molecule has 0 aliphatic heterocycles. The maximum atomic E-state index is 13.7. The largest absolute Gasteiger partial charge is 0.305 e. The zero-order valence-electron chi connectivity index (χ0n) is 12.1. The molecule has 5 heteroatoms. The lowest BCUT2D eigenvalue weighted by atomic mass is 10.0. The lowest BCUT2D eigenvalue weighted by molar-refractivity contribution is 0.586. The van der Waals surface area contributed by atoms with Gasteiger partial charge in [0.25, 0.3) is 0 Å². The lowest BCUT2D eigenvalue weighted by Crippen LogP contribution is -2.23. The normalized spacial score (nSPS) is 12.6. The number of hydrogen-bond donors (Lipinski definition) is 1. The summed E-state index contributed by atoms with van der Waals surface area (Å²) in [5, 5.41) is 7.65. The van der Waals surface area contributed by atoms with E-state index in [0.29, 0.717) is 0 Å². The first-order valence-corrected chi connectivity index (χ1v) is 7.74. The van der Waals surface area contributed by atoms with Crippen molar-refractivity contribution in [1.82, 2.24) is 14.9 Å². The van der Waals surface area contributed by atoms with Crippen LogP contribution in [0.25, 0.3) is 0 Å². The van der Waals surface area contributed by atoms with E-state index in [1.54, 1.807) is 12.1 Å². The first-order chi connectivity index (χ1) is 9.65. The van der Waals surface area contributed by atoms with E-state index in [2.05, 4.69) is 28.8 Å². The Kier molecular flexibility index (Phi) is 5.20. The van der Waals surface area contributed by atoms with E-state index in [4.69, 9.17) is 0 Å². The fraction of sp³-hybridized carbons (Fsp3) is 0.467. The molecule has 20 heavy (non-hydrogen) atoms. The summed E-state index contributed by atoms with van der Waals surface area (Å²) >= 11 is 1.39. The number of benzene rings is 1. The van der Waals surface area contributed by atoms with E-state index >= 15 is 0 Å². The summed E-state index contributed by atoms with van der Waals surface area (Å²) in [5.74, 6) is -0.196. The maximum Gasteiger partial charge on any atom is 0.123 e. The van der Waals surface area contributed by atoms with Crippen LogP contribution in [0.4, 0.5) is 4.39 Å². The summed E-state index contributed by atoms with van der Waals surface area (Å²) in [4.78, 5) is 1.09. The van der Waals surface area contributed by atoms with Gasteiger partial charge < -0.3 is 5.32 Å². The van der Waals surface area contributed by atoms with Gasteiger partial charge in [-0.05, 0) is 61.1 Å². The minimum Gasteiger partial charge on any atom is -0.305 e. The van der Waals surface area contributed by atoms with E-state index in [-0.39, 0.29) is 11.9 Å². The molecule has 3 nitrogen and oxygen atoms in total. The third-order valence-electron chi connectivity index (χ3n) is 3.18. The fourth-order valence-electron chi connectivity index (χ4n) is 2.26. The SMILES string of the molecule is CCCNC(c1cc(C)cc(F)c1)c1snnc1CC. The monoisotopic (exact) mass is 293 g/mol. The molecule has 0 fully saturated rings. The quantitative estimate of drug-likeness (QED) is 0.883. The lowest BCUT2D eigenvalue weighted by Gasteiger charge is -2.18. The third kappa shape index (κ3) is 3.41. The molecule has 1 heterocycles. The molecule has 0 bridgehead atoms. The third-order valence-corrected chi connectivity index (χ3v) is 4.01. The highest BCUT2D eigenvalue weighted by Gasteiger charge is 2.20. The van der Waals surface area contributed by atoms with Crippen molar-refractivity contribution >= 4 is 11.5 Å². The molecule has 1 atom stereocenters. The Labute approximate surface area is 123 Å². The van der Waals surface area contributed by atoms with Crippen LogP contribution in [0.1, 0.15) is 48.0 Å². The van der Waals surface area contributed by atoms with Gasteiger partial charge >= 0.3 is 0 Å². The molecular formula is C15H20FN3S. The molecular weight excluding hydrogens is 273 g/mol. The predicted octanol–water partition coefficient (Wildman–Crippen LogP) is 3.64. The van der Waals surface area contributed by atoms with Crippen LogP contribution in [0.15, 0.2) is 18.2 Å². The van der Waals surface area contributed by atoms with Crippen LogP contribution >= 0.6 is 11.5 Å². The number of nitrogens with zero attached hydrogens (tertiary/aromatic N) is 2. The maximum absolute atomic E-state index is 13.7. The minimum absolute atomic E-state index is 0.0284. The second kappa shape index (κ2) is 6.90. The first kappa shape index (κ1) is 15.1. The van der Waals surface area contributed by atoms with Gasteiger partial charge in [0.15, 0.2) is 0 Å². The van der Waals surface area contributed by atoms with Gasteiger partial charge in [-0.3, -0.25) is 0 Å². The summed E-state index contributed by atoms with van der Waals surface area (Å²) in [6.07, 6.45) is 1.86. The van der Waals surface area contributed by atoms with E-state index < -0.39 is 0 Å². The Morgan fingerprint density at radius 1 is 1.30 bits per heavy atom. The minimum atomic E-state index is -0.196. The molecule has 1 N–H and O–H groups in total. The fourth-order valence-corrected chi connectivity index (χ4v) is 3.10. The van der Waals surface area contributed by atoms with Crippen molar-refractivity contribution in [3.63, 3.8) is 0 Å². The van der Waals surface area contributed by atoms with E-state index in [1.165, 1.54) is 11.5 Å². The molecule has 0 saturated carbocycles. The molecule has 1 aromatic heterocycles. The molecule has 0 amide bonds. The molecule has 0 aliphatic rings. The van der Waals surface area contributed by atoms with Crippen LogP contribution in [0, 0.1) is 12.7 Å². The van der Waals surface area contributed by atoms with E-state index in [9.17, 15) is 4.39 Å². The standard InChI is InChI=1S/C15H20FN3S/c1-4-6-17-14(15-13(5-2)18-19-20-15)11-7-10(3)8-12(16)9-11/h7-9,14,17H,4-6H2,1-3H3. The van der Waals surface area contributed by atoms with Crippen LogP contribution in [0.3, 0.4) is 0 Å². The van der Waals surface area contributed by atoms with Gasteiger partial charge in [0.05, 0.1) is 16.6 Å². The molecule has 2 aromatic rings. The van der Waals surface area contributed by atoms with Crippen molar-refractivity contribution in [1.29, 1.82) is 0 Å². The summed E-state index contributed by atoms with van der Waals surface area (Å²) in [7, 11) is 0. The molecule has 0 aliphatic carbocycles. The van der Waals surface area contributed by atoms with Crippen LogP contribution < -0.4 is 5.32 Å². The van der Waals surface area contributed by atoms with Crippen LogP contribution in [-0.4, -0.2) is 16.1 Å². The summed E-state index contributed by atoms with van der Waals surface area (Å²) < 4.78 is 17.7. The second-order valence-electron chi connectivity index (χ2n) is 4.89. The van der Waals surface area contributed by atoms with Crippen LogP contribution in [0.5, 0.6) is 0 Å². The van der Waals surface area contributed by atoms with Gasteiger partial charge in [0.1, 0.15) is 5.82 Å². The number of aromatic nitrogens is 2. The Morgan fingerprint density at radius 2 is 2.10 bits per heavy atom. The molecule has 0 saturated heterocycles. The van der Waals surface area contributed by atoms with E-state index in [0.717, 1.165) is 41.1 Å². The average molecular weight is 293 g/mol. The van der Waals surface area contributed by atoms with Gasteiger partial charge in [-0.25, -0.2) is 4.39 Å². The smallest absolute Gasteiger partial charge is 0.123 e. The molecule has 108 valence electrons. The molecule has 0 spiro atoms. The predicted molar refractivity (Wildman–Crippen MR) is 80.6 cm³/mol.